The van der Waals surface area contributed by atoms with Crippen molar-refractivity contribution in [3.05, 3.63) is 112 Å². The number of halogens is 3. The molecule has 0 amide bonds. The highest BCUT2D eigenvalue weighted by molar-refractivity contribution is 6.10. The lowest BCUT2D eigenvalue weighted by Crippen LogP contribution is -2.53. The van der Waals surface area contributed by atoms with Gasteiger partial charge in [0.2, 0.25) is 0 Å². The van der Waals surface area contributed by atoms with Crippen molar-refractivity contribution in [3.63, 3.8) is 0 Å². The van der Waals surface area contributed by atoms with Crippen molar-refractivity contribution in [1.82, 2.24) is 4.90 Å². The summed E-state index contributed by atoms with van der Waals surface area (Å²) in [7, 11) is 0. The summed E-state index contributed by atoms with van der Waals surface area (Å²) in [6.45, 7) is 3.95. The van der Waals surface area contributed by atoms with Crippen molar-refractivity contribution in [2.24, 2.45) is 5.41 Å². The van der Waals surface area contributed by atoms with Crippen LogP contribution in [0.5, 0.6) is 5.75 Å². The zero-order valence-electron chi connectivity index (χ0n) is 28.7. The molecule has 3 aromatic carbocycles. The van der Waals surface area contributed by atoms with Gasteiger partial charge in [0.25, 0.3) is 0 Å². The molecule has 0 saturated heterocycles. The molecular formula is C40H48F3NO6. The molecule has 0 aromatic heterocycles. The Bertz CT molecular complexity index is 1630. The SMILES string of the molecule is CC1=CCCC2(C)C(CCC2(O)CN(Cc2ccc(OC(F)(F)F)cc2)CC(O)CO)c2ccc(cc2C(=O)c2ccccc2)CC(O)CC1. The molecule has 0 radical (unpaired) electrons. The number of alkyl halides is 3. The fraction of sp³-hybridized carbons (Fsp3) is 0.475. The van der Waals surface area contributed by atoms with Crippen LogP contribution in [0.15, 0.2) is 84.4 Å². The lowest BCUT2D eigenvalue weighted by atomic mass is 9.64. The first-order valence-corrected chi connectivity index (χ1v) is 17.3. The highest BCUT2D eigenvalue weighted by atomic mass is 19.4. The Morgan fingerprint density at radius 2 is 1.76 bits per heavy atom. The van der Waals surface area contributed by atoms with E-state index in [1.165, 1.54) is 24.3 Å². The van der Waals surface area contributed by atoms with Crippen LogP contribution in [0, 0.1) is 5.41 Å². The molecule has 270 valence electrons. The number of ketones is 1. The van der Waals surface area contributed by atoms with Crippen LogP contribution in [-0.4, -0.2) is 75.0 Å². The third-order valence-corrected chi connectivity index (χ3v) is 10.7. The number of benzene rings is 3. The van der Waals surface area contributed by atoms with Gasteiger partial charge < -0.3 is 25.2 Å². The fourth-order valence-electron chi connectivity index (χ4n) is 7.91. The first kappa shape index (κ1) is 37.7. The van der Waals surface area contributed by atoms with Crippen LogP contribution < -0.4 is 4.74 Å². The van der Waals surface area contributed by atoms with E-state index < -0.39 is 36.2 Å². The average Bonchev–Trinajstić information content (AvgIpc) is 3.32. The van der Waals surface area contributed by atoms with Gasteiger partial charge in [-0.3, -0.25) is 9.69 Å². The van der Waals surface area contributed by atoms with Gasteiger partial charge >= 0.3 is 6.36 Å². The molecule has 1 fully saturated rings. The Kier molecular flexibility index (Phi) is 11.9. The number of allylic oxidation sites excluding steroid dienone is 2. The van der Waals surface area contributed by atoms with Gasteiger partial charge in [-0.25, -0.2) is 0 Å². The third kappa shape index (κ3) is 9.03. The molecule has 0 heterocycles. The summed E-state index contributed by atoms with van der Waals surface area (Å²) < 4.78 is 42.3. The maximum absolute atomic E-state index is 14.1. The van der Waals surface area contributed by atoms with Crippen LogP contribution in [0.1, 0.15) is 90.9 Å². The summed E-state index contributed by atoms with van der Waals surface area (Å²) in [6, 6.07) is 20.4. The van der Waals surface area contributed by atoms with Crippen molar-refractivity contribution < 1.29 is 43.1 Å². The van der Waals surface area contributed by atoms with Crippen LogP contribution >= 0.6 is 0 Å². The minimum atomic E-state index is -4.82. The number of carbonyl (C=O) groups is 1. The third-order valence-electron chi connectivity index (χ3n) is 10.7. The summed E-state index contributed by atoms with van der Waals surface area (Å²) in [6.07, 6.45) is -0.344. The second-order valence-electron chi connectivity index (χ2n) is 14.3. The molecule has 3 aromatic rings. The lowest BCUT2D eigenvalue weighted by Gasteiger charge is -2.46. The van der Waals surface area contributed by atoms with Crippen molar-refractivity contribution >= 4 is 5.78 Å². The van der Waals surface area contributed by atoms with Gasteiger partial charge in [0.1, 0.15) is 5.75 Å². The van der Waals surface area contributed by atoms with Crippen LogP contribution in [0.25, 0.3) is 0 Å². The predicted octanol–water partition coefficient (Wildman–Crippen LogP) is 6.71. The van der Waals surface area contributed by atoms with Crippen LogP contribution in [0.3, 0.4) is 0 Å². The van der Waals surface area contributed by atoms with E-state index in [0.717, 1.165) is 23.1 Å². The van der Waals surface area contributed by atoms with Gasteiger partial charge in [-0.05, 0) is 92.7 Å². The minimum Gasteiger partial charge on any atom is -0.406 e. The van der Waals surface area contributed by atoms with E-state index >= 15 is 0 Å². The lowest BCUT2D eigenvalue weighted by molar-refractivity contribution is -0.274. The van der Waals surface area contributed by atoms with Gasteiger partial charge in [-0.15, -0.1) is 13.2 Å². The molecule has 2 bridgehead atoms. The number of rotatable bonds is 10. The van der Waals surface area contributed by atoms with Crippen LogP contribution in [0.4, 0.5) is 13.2 Å². The summed E-state index contributed by atoms with van der Waals surface area (Å²) >= 11 is 0. The number of ether oxygens (including phenoxy) is 1. The van der Waals surface area contributed by atoms with Gasteiger partial charge in [-0.2, -0.15) is 0 Å². The van der Waals surface area contributed by atoms with E-state index in [2.05, 4.69) is 17.7 Å². The van der Waals surface area contributed by atoms with Gasteiger partial charge in [0.15, 0.2) is 5.78 Å². The van der Waals surface area contributed by atoms with Gasteiger partial charge in [0.05, 0.1) is 24.4 Å². The number of aliphatic hydroxyl groups is 4. The van der Waals surface area contributed by atoms with E-state index in [1.807, 2.05) is 48.2 Å². The number of carbonyl (C=O) groups excluding carboxylic acids is 1. The topological polar surface area (TPSA) is 110 Å². The molecule has 1 saturated carbocycles. The highest BCUT2D eigenvalue weighted by Crippen LogP contribution is 2.59. The maximum atomic E-state index is 14.1. The Labute approximate surface area is 292 Å². The van der Waals surface area contributed by atoms with E-state index in [-0.39, 0.29) is 37.1 Å². The summed E-state index contributed by atoms with van der Waals surface area (Å²) in [4.78, 5) is 16.0. The predicted molar refractivity (Wildman–Crippen MR) is 185 cm³/mol. The fourth-order valence-corrected chi connectivity index (χ4v) is 7.91. The average molecular weight is 696 g/mol. The highest BCUT2D eigenvalue weighted by Gasteiger charge is 2.57. The van der Waals surface area contributed by atoms with E-state index in [0.29, 0.717) is 55.2 Å². The van der Waals surface area contributed by atoms with E-state index in [4.69, 9.17) is 0 Å². The molecule has 0 spiro atoms. The smallest absolute Gasteiger partial charge is 0.406 e. The Morgan fingerprint density at radius 3 is 2.44 bits per heavy atom. The Morgan fingerprint density at radius 1 is 1.04 bits per heavy atom. The first-order chi connectivity index (χ1) is 23.7. The van der Waals surface area contributed by atoms with Crippen molar-refractivity contribution in [2.75, 3.05) is 19.7 Å². The van der Waals surface area contributed by atoms with E-state index in [9.17, 15) is 38.4 Å². The second kappa shape index (κ2) is 15.8. The normalized spacial score (nSPS) is 25.1. The molecule has 4 N–H and O–H groups in total. The molecule has 0 aliphatic heterocycles. The molecule has 10 heteroatoms. The summed E-state index contributed by atoms with van der Waals surface area (Å²) in [5.41, 5.74) is 2.57. The number of hydrogen-bond acceptors (Lipinski definition) is 7. The first-order valence-electron chi connectivity index (χ1n) is 17.3. The molecule has 3 aliphatic carbocycles. The number of fused-ring (bicyclic) bond motifs is 8. The summed E-state index contributed by atoms with van der Waals surface area (Å²) in [5.74, 6) is -0.685. The molecule has 5 atom stereocenters. The maximum Gasteiger partial charge on any atom is 0.573 e. The summed E-state index contributed by atoms with van der Waals surface area (Å²) in [5, 5.41) is 43.9. The van der Waals surface area contributed by atoms with Gasteiger partial charge in [0, 0.05) is 36.2 Å². The van der Waals surface area contributed by atoms with Gasteiger partial charge in [-0.1, -0.05) is 73.2 Å². The monoisotopic (exact) mass is 695 g/mol. The largest absolute Gasteiger partial charge is 0.573 e. The van der Waals surface area contributed by atoms with Crippen LogP contribution in [0.2, 0.25) is 0 Å². The quantitative estimate of drug-likeness (QED) is 0.138. The molecule has 6 rings (SSSR count). The van der Waals surface area contributed by atoms with E-state index in [1.54, 1.807) is 12.1 Å². The molecule has 5 unspecified atom stereocenters. The zero-order chi connectivity index (χ0) is 36.1. The molecular weight excluding hydrogens is 647 g/mol. The van der Waals surface area contributed by atoms with Crippen molar-refractivity contribution in [2.45, 2.75) is 95.4 Å². The number of nitrogens with zero attached hydrogens (tertiary/aromatic N) is 1. The Hall–Kier alpha value is -3.54. The van der Waals surface area contributed by atoms with Crippen molar-refractivity contribution in [1.29, 1.82) is 0 Å². The number of hydrogen-bond donors (Lipinski definition) is 4. The number of aliphatic hydroxyl groups excluding tert-OH is 3. The minimum absolute atomic E-state index is 0.0220. The molecule has 50 heavy (non-hydrogen) atoms. The van der Waals surface area contributed by atoms with Crippen molar-refractivity contribution in [3.8, 4) is 5.75 Å². The Balaban J connectivity index is 1.53. The molecule has 3 aliphatic rings. The second-order valence-corrected chi connectivity index (χ2v) is 14.3. The van der Waals surface area contributed by atoms with Crippen LogP contribution in [-0.2, 0) is 13.0 Å². The molecule has 7 nitrogen and oxygen atoms in total. The zero-order valence-corrected chi connectivity index (χ0v) is 28.7. The standard InChI is InChI=1S/C40H48F3NO6/c1-27-7-6-19-38(2)36(34-17-13-29(21-31(46)14-10-27)22-35(34)37(48)30-8-4-3-5-9-30)18-20-39(38,49)26-44(24-32(47)25-45)23-28-11-15-33(16-12-28)50-40(41,42)43/h3-5,7-9,11-13,15-17,22,31-32,36,45-47,49H,6,10,14,18-21,23-26H2,1-2H3.